The second-order valence-electron chi connectivity index (χ2n) is 7.28. The number of hydrogen-bond donors (Lipinski definition) is 3. The molecule has 4 rings (SSSR count). The first-order valence-electron chi connectivity index (χ1n) is 8.56. The summed E-state index contributed by atoms with van der Waals surface area (Å²) in [5.74, 6) is 0.424. The van der Waals surface area contributed by atoms with Gasteiger partial charge in [-0.05, 0) is 38.0 Å². The summed E-state index contributed by atoms with van der Waals surface area (Å²) in [5.41, 5.74) is -0.454. The van der Waals surface area contributed by atoms with E-state index >= 15 is 0 Å². The third kappa shape index (κ3) is 3.27. The molecule has 1 fully saturated rings. The molecule has 27 heavy (non-hydrogen) atoms. The molecule has 1 aromatic heterocycles. The minimum absolute atomic E-state index is 0.0490. The molecular weight excluding hydrogens is 363 g/mol. The molecule has 0 unspecified atom stereocenters. The number of halogens is 3. The highest BCUT2D eigenvalue weighted by Crippen LogP contribution is 2.43. The fourth-order valence-electron chi connectivity index (χ4n) is 3.62. The van der Waals surface area contributed by atoms with Gasteiger partial charge in [0.25, 0.3) is 0 Å². The van der Waals surface area contributed by atoms with Crippen LogP contribution in [0.3, 0.4) is 0 Å². The van der Waals surface area contributed by atoms with E-state index in [1.165, 1.54) is 6.07 Å². The van der Waals surface area contributed by atoms with Gasteiger partial charge in [0.2, 0.25) is 0 Å². The number of ether oxygens (including phenoxy) is 1. The third-order valence-electron chi connectivity index (χ3n) is 4.92. The number of anilines is 1. The first-order valence-corrected chi connectivity index (χ1v) is 8.56. The van der Waals surface area contributed by atoms with Gasteiger partial charge in [0, 0.05) is 23.6 Å². The Bertz CT molecular complexity index is 891. The monoisotopic (exact) mass is 381 g/mol. The number of phenols is 1. The highest BCUT2D eigenvalue weighted by molar-refractivity contribution is 5.75. The summed E-state index contributed by atoms with van der Waals surface area (Å²) in [6, 6.07) is 2.83. The van der Waals surface area contributed by atoms with Gasteiger partial charge in [-0.25, -0.2) is 0 Å². The number of alkyl halides is 3. The van der Waals surface area contributed by atoms with Crippen LogP contribution in [-0.2, 0) is 12.6 Å². The van der Waals surface area contributed by atoms with E-state index in [9.17, 15) is 23.4 Å². The van der Waals surface area contributed by atoms with Crippen molar-refractivity contribution in [3.05, 3.63) is 29.3 Å². The van der Waals surface area contributed by atoms with Gasteiger partial charge in [0.1, 0.15) is 11.4 Å². The summed E-state index contributed by atoms with van der Waals surface area (Å²) in [4.78, 5) is 0. The number of hydrogen-bond acceptors (Lipinski definition) is 6. The molecule has 0 bridgehead atoms. The zero-order valence-electron chi connectivity index (χ0n) is 14.5. The van der Waals surface area contributed by atoms with Crippen molar-refractivity contribution < 1.29 is 28.1 Å². The van der Waals surface area contributed by atoms with Gasteiger partial charge in [0.15, 0.2) is 11.6 Å². The minimum Gasteiger partial charge on any atom is -0.507 e. The lowest BCUT2D eigenvalue weighted by molar-refractivity contribution is -0.137. The van der Waals surface area contributed by atoms with Gasteiger partial charge in [0.05, 0.1) is 17.8 Å². The lowest BCUT2D eigenvalue weighted by Crippen LogP contribution is -2.48. The van der Waals surface area contributed by atoms with Gasteiger partial charge in [-0.2, -0.15) is 13.2 Å². The molecule has 1 aliphatic carbocycles. The molecule has 2 heterocycles. The standard InChI is InChI=1S/C18H18F3N3O3/c1-17(26)7-10(8-17)22-16-15-12(4-5-27-15)14(23-24-16)11-3-2-9(6-13(11)25)18(19,20)21/h2-3,6,10,25-26H,4-5,7-8H2,1H3,(H,22,24). The topological polar surface area (TPSA) is 87.5 Å². The van der Waals surface area contributed by atoms with Gasteiger partial charge in [-0.1, -0.05) is 0 Å². The first kappa shape index (κ1) is 17.8. The third-order valence-corrected chi connectivity index (χ3v) is 4.92. The minimum atomic E-state index is -4.54. The Morgan fingerprint density at radius 3 is 2.63 bits per heavy atom. The quantitative estimate of drug-likeness (QED) is 0.757. The normalized spacial score (nSPS) is 24.1. The highest BCUT2D eigenvalue weighted by Gasteiger charge is 2.39. The highest BCUT2D eigenvalue weighted by atomic mass is 19.4. The molecule has 1 aliphatic heterocycles. The molecule has 9 heteroatoms. The summed E-state index contributed by atoms with van der Waals surface area (Å²) >= 11 is 0. The predicted molar refractivity (Wildman–Crippen MR) is 90.6 cm³/mol. The van der Waals surface area contributed by atoms with Crippen molar-refractivity contribution in [1.29, 1.82) is 0 Å². The molecule has 0 atom stereocenters. The maximum Gasteiger partial charge on any atom is 0.416 e. The summed E-state index contributed by atoms with van der Waals surface area (Å²) in [6.45, 7) is 2.16. The predicted octanol–water partition coefficient (Wildman–Crippen LogP) is 3.13. The van der Waals surface area contributed by atoms with E-state index < -0.39 is 23.1 Å². The molecule has 144 valence electrons. The first-order chi connectivity index (χ1) is 12.6. The average molecular weight is 381 g/mol. The van der Waals surface area contributed by atoms with Crippen LogP contribution in [0.15, 0.2) is 18.2 Å². The molecular formula is C18H18F3N3O3. The number of aromatic nitrogens is 2. The lowest BCUT2D eigenvalue weighted by atomic mass is 9.77. The zero-order valence-corrected chi connectivity index (χ0v) is 14.5. The second kappa shape index (κ2) is 5.98. The van der Waals surface area contributed by atoms with Crippen LogP contribution in [0.1, 0.15) is 30.9 Å². The number of fused-ring (bicyclic) bond motifs is 1. The second-order valence-corrected chi connectivity index (χ2v) is 7.28. The molecule has 0 amide bonds. The molecule has 0 saturated heterocycles. The molecule has 6 nitrogen and oxygen atoms in total. The Balaban J connectivity index is 1.66. The molecule has 1 saturated carbocycles. The summed E-state index contributed by atoms with van der Waals surface area (Å²) < 4.78 is 44.1. The summed E-state index contributed by atoms with van der Waals surface area (Å²) in [7, 11) is 0. The van der Waals surface area contributed by atoms with E-state index in [0.717, 1.165) is 6.07 Å². The molecule has 0 radical (unpaired) electrons. The van der Waals surface area contributed by atoms with Crippen LogP contribution < -0.4 is 10.1 Å². The molecule has 3 N–H and O–H groups in total. The fourth-order valence-corrected chi connectivity index (χ4v) is 3.62. The Hall–Kier alpha value is -2.55. The van der Waals surface area contributed by atoms with Gasteiger partial charge in [-0.15, -0.1) is 10.2 Å². The van der Waals surface area contributed by atoms with E-state index in [2.05, 4.69) is 15.5 Å². The van der Waals surface area contributed by atoms with E-state index in [1.807, 2.05) is 0 Å². The summed E-state index contributed by atoms with van der Waals surface area (Å²) in [6.07, 6.45) is -2.88. The van der Waals surface area contributed by atoms with Crippen LogP contribution >= 0.6 is 0 Å². The van der Waals surface area contributed by atoms with Crippen molar-refractivity contribution in [3.8, 4) is 22.8 Å². The van der Waals surface area contributed by atoms with Crippen molar-refractivity contribution in [2.24, 2.45) is 0 Å². The molecule has 2 aliphatic rings. The van der Waals surface area contributed by atoms with E-state index in [1.54, 1.807) is 6.92 Å². The number of nitrogens with one attached hydrogen (secondary N) is 1. The van der Waals surface area contributed by atoms with Crippen LogP contribution in [0.25, 0.3) is 11.3 Å². The lowest BCUT2D eigenvalue weighted by Gasteiger charge is -2.41. The van der Waals surface area contributed by atoms with Crippen molar-refractivity contribution >= 4 is 5.82 Å². The van der Waals surface area contributed by atoms with Crippen molar-refractivity contribution in [3.63, 3.8) is 0 Å². The zero-order chi connectivity index (χ0) is 19.4. The number of aromatic hydroxyl groups is 1. The van der Waals surface area contributed by atoms with Crippen molar-refractivity contribution in [1.82, 2.24) is 10.2 Å². The maximum atomic E-state index is 12.8. The van der Waals surface area contributed by atoms with Crippen LogP contribution in [0.5, 0.6) is 11.5 Å². The van der Waals surface area contributed by atoms with E-state index in [0.29, 0.717) is 54.8 Å². The van der Waals surface area contributed by atoms with Crippen molar-refractivity contribution in [2.75, 3.05) is 11.9 Å². The average Bonchev–Trinajstić information content (AvgIpc) is 3.03. The van der Waals surface area contributed by atoms with Crippen LogP contribution in [0.2, 0.25) is 0 Å². The van der Waals surface area contributed by atoms with Crippen molar-refractivity contribution in [2.45, 2.75) is 44.0 Å². The van der Waals surface area contributed by atoms with Crippen LogP contribution in [0.4, 0.5) is 19.0 Å². The number of rotatable bonds is 3. The Kier molecular flexibility index (Phi) is 3.95. The fraction of sp³-hybridized carbons (Fsp3) is 0.444. The van der Waals surface area contributed by atoms with E-state index in [-0.39, 0.29) is 11.6 Å². The largest absolute Gasteiger partial charge is 0.507 e. The smallest absolute Gasteiger partial charge is 0.416 e. The Labute approximate surface area is 153 Å². The Morgan fingerprint density at radius 1 is 1.26 bits per heavy atom. The van der Waals surface area contributed by atoms with Crippen LogP contribution in [-0.4, -0.2) is 38.7 Å². The van der Waals surface area contributed by atoms with Gasteiger partial charge in [-0.3, -0.25) is 0 Å². The SMILES string of the molecule is CC1(O)CC(Nc2nnc(-c3ccc(C(F)(F)F)cc3O)c3c2OCC3)C1. The number of phenolic OH excluding ortho intramolecular Hbond substituents is 1. The van der Waals surface area contributed by atoms with E-state index in [4.69, 9.17) is 4.74 Å². The maximum absolute atomic E-state index is 12.8. The molecule has 1 aromatic carbocycles. The molecule has 2 aromatic rings. The number of aliphatic hydroxyl groups is 1. The molecule has 0 spiro atoms. The van der Waals surface area contributed by atoms with Crippen LogP contribution in [0, 0.1) is 0 Å². The summed E-state index contributed by atoms with van der Waals surface area (Å²) in [5, 5.41) is 31.4. The van der Waals surface area contributed by atoms with Gasteiger partial charge < -0.3 is 20.3 Å². The Morgan fingerprint density at radius 2 is 2.00 bits per heavy atom. The number of nitrogens with zero attached hydrogens (tertiary/aromatic N) is 2. The number of benzene rings is 1. The van der Waals surface area contributed by atoms with Gasteiger partial charge >= 0.3 is 6.18 Å².